The molecule has 0 saturated carbocycles. The lowest BCUT2D eigenvalue weighted by Crippen LogP contribution is -2.32. The van der Waals surface area contributed by atoms with E-state index in [1.165, 1.54) is 11.3 Å². The minimum atomic E-state index is -1.09. The molecule has 1 aliphatic heterocycles. The highest BCUT2D eigenvalue weighted by atomic mass is 32.1. The van der Waals surface area contributed by atoms with Crippen molar-refractivity contribution in [1.29, 1.82) is 0 Å². The molecule has 3 rings (SSSR count). The highest BCUT2D eigenvalue weighted by Gasteiger charge is 2.31. The summed E-state index contributed by atoms with van der Waals surface area (Å²) in [6, 6.07) is 11.6. The Hall–Kier alpha value is -2.26. The zero-order chi connectivity index (χ0) is 26.8. The van der Waals surface area contributed by atoms with Gasteiger partial charge in [-0.2, -0.15) is 0 Å². The number of benzene rings is 1. The average molecular weight is 532 g/mol. The van der Waals surface area contributed by atoms with Gasteiger partial charge in [-0.1, -0.05) is 45.2 Å². The van der Waals surface area contributed by atoms with Gasteiger partial charge in [-0.3, -0.25) is 4.79 Å². The number of anilines is 1. The lowest BCUT2D eigenvalue weighted by molar-refractivity contribution is -0.117. The Balaban J connectivity index is 1.49. The van der Waals surface area contributed by atoms with E-state index in [9.17, 15) is 24.9 Å². The number of carbonyl (C=O) groups is 2. The Morgan fingerprint density at radius 1 is 1.05 bits per heavy atom. The van der Waals surface area contributed by atoms with Crippen molar-refractivity contribution >= 4 is 28.9 Å². The van der Waals surface area contributed by atoms with Gasteiger partial charge in [0.1, 0.15) is 17.6 Å². The van der Waals surface area contributed by atoms with Crippen LogP contribution in [0, 0.1) is 0 Å². The van der Waals surface area contributed by atoms with E-state index in [0.29, 0.717) is 17.7 Å². The van der Waals surface area contributed by atoms with Crippen molar-refractivity contribution in [2.75, 3.05) is 11.5 Å². The zero-order valence-electron chi connectivity index (χ0n) is 22.0. The predicted molar refractivity (Wildman–Crippen MR) is 146 cm³/mol. The van der Waals surface area contributed by atoms with Gasteiger partial charge in [0, 0.05) is 23.0 Å². The maximum Gasteiger partial charge on any atom is 0.348 e. The van der Waals surface area contributed by atoms with E-state index in [-0.39, 0.29) is 18.6 Å². The lowest BCUT2D eigenvalue weighted by Gasteiger charge is -2.25. The van der Waals surface area contributed by atoms with E-state index in [1.807, 2.05) is 35.2 Å². The summed E-state index contributed by atoms with van der Waals surface area (Å²) in [6.07, 6.45) is 5.85. The first-order valence-electron chi connectivity index (χ1n) is 13.6. The molecule has 1 aromatic carbocycles. The first kappa shape index (κ1) is 29.3. The molecule has 1 aromatic heterocycles. The van der Waals surface area contributed by atoms with E-state index in [1.54, 1.807) is 13.0 Å². The number of nitrogens with zero attached hydrogens (tertiary/aromatic N) is 1. The number of hydrogen-bond donors (Lipinski definition) is 3. The number of aliphatic hydroxyl groups excluding tert-OH is 3. The number of rotatable bonds is 15. The number of aryl methyl sites for hydroxylation is 1. The Morgan fingerprint density at radius 3 is 2.51 bits per heavy atom. The van der Waals surface area contributed by atoms with Crippen LogP contribution in [0.3, 0.4) is 0 Å². The zero-order valence-corrected chi connectivity index (χ0v) is 22.8. The van der Waals surface area contributed by atoms with Crippen molar-refractivity contribution in [3.8, 4) is 0 Å². The molecule has 2 aromatic rings. The fourth-order valence-corrected chi connectivity index (χ4v) is 5.68. The number of unbranched alkanes of at least 4 members (excludes halogenated alkanes) is 2. The summed E-state index contributed by atoms with van der Waals surface area (Å²) < 4.78 is 5.14. The van der Waals surface area contributed by atoms with Gasteiger partial charge in [-0.05, 0) is 68.4 Å². The van der Waals surface area contributed by atoms with Gasteiger partial charge in [0.15, 0.2) is 0 Å². The SMILES string of the molecule is CCCCC[C@H](O)c1ccc(N2C(=O)CC[C@@H]2CCCc2ccc(C(=O)OCC(O)C(O)CC)s2)cc1. The maximum absolute atomic E-state index is 12.7. The number of hydrogen-bond acceptors (Lipinski definition) is 7. The van der Waals surface area contributed by atoms with Crippen LogP contribution in [0.5, 0.6) is 0 Å². The van der Waals surface area contributed by atoms with Crippen LogP contribution in [0.2, 0.25) is 0 Å². The molecular weight excluding hydrogens is 490 g/mol. The van der Waals surface area contributed by atoms with Crippen LogP contribution in [0.15, 0.2) is 36.4 Å². The van der Waals surface area contributed by atoms with E-state index in [4.69, 9.17) is 4.74 Å². The summed E-state index contributed by atoms with van der Waals surface area (Å²) in [5.74, 6) is -0.358. The van der Waals surface area contributed by atoms with Crippen LogP contribution in [0.25, 0.3) is 0 Å². The van der Waals surface area contributed by atoms with Crippen molar-refractivity contribution in [2.45, 2.75) is 102 Å². The Labute approximate surface area is 224 Å². The van der Waals surface area contributed by atoms with E-state index in [0.717, 1.165) is 67.5 Å². The average Bonchev–Trinajstić information content (AvgIpc) is 3.53. The van der Waals surface area contributed by atoms with Crippen molar-refractivity contribution in [3.05, 3.63) is 51.7 Å². The molecule has 1 saturated heterocycles. The molecule has 0 bridgehead atoms. The first-order valence-corrected chi connectivity index (χ1v) is 14.4. The highest BCUT2D eigenvalue weighted by molar-refractivity contribution is 7.13. The molecule has 37 heavy (non-hydrogen) atoms. The molecule has 0 radical (unpaired) electrons. The quantitative estimate of drug-likeness (QED) is 0.216. The van der Waals surface area contributed by atoms with E-state index >= 15 is 0 Å². The largest absolute Gasteiger partial charge is 0.459 e. The van der Waals surface area contributed by atoms with Crippen molar-refractivity contribution in [2.24, 2.45) is 0 Å². The lowest BCUT2D eigenvalue weighted by atomic mass is 10.0. The molecule has 3 N–H and O–H groups in total. The molecule has 2 unspecified atom stereocenters. The van der Waals surface area contributed by atoms with Gasteiger partial charge in [-0.15, -0.1) is 11.3 Å². The Morgan fingerprint density at radius 2 is 1.81 bits per heavy atom. The molecule has 1 aliphatic rings. The van der Waals surface area contributed by atoms with Gasteiger partial charge >= 0.3 is 5.97 Å². The van der Waals surface area contributed by atoms with Crippen LogP contribution < -0.4 is 4.90 Å². The monoisotopic (exact) mass is 531 g/mol. The summed E-state index contributed by atoms with van der Waals surface area (Å²) >= 11 is 1.38. The standard InChI is InChI=1S/C29H41NO6S/c1-3-5-6-10-25(32)20-11-13-22(14-12-20)30-21(15-18-28(30)34)8-7-9-23-16-17-27(37-23)29(35)36-19-26(33)24(31)4-2/h11-14,16-17,21,24-26,31-33H,3-10,15,18-19H2,1-2H3/t21-,24?,25-,26?/m0/s1. The molecule has 0 spiro atoms. The summed E-state index contributed by atoms with van der Waals surface area (Å²) in [7, 11) is 0. The number of ether oxygens (including phenoxy) is 1. The van der Waals surface area contributed by atoms with Crippen molar-refractivity contribution in [1.82, 2.24) is 0 Å². The van der Waals surface area contributed by atoms with Crippen LogP contribution in [-0.4, -0.2) is 52.1 Å². The Kier molecular flexibility index (Phi) is 11.6. The normalized spacial score (nSPS) is 18.1. The summed E-state index contributed by atoms with van der Waals surface area (Å²) in [5, 5.41) is 29.8. The molecule has 0 aliphatic carbocycles. The highest BCUT2D eigenvalue weighted by Crippen LogP contribution is 2.31. The second-order valence-electron chi connectivity index (χ2n) is 9.86. The second kappa shape index (κ2) is 14.6. The summed E-state index contributed by atoms with van der Waals surface area (Å²) in [6.45, 7) is 3.67. The fraction of sp³-hybridized carbons (Fsp3) is 0.586. The smallest absolute Gasteiger partial charge is 0.348 e. The van der Waals surface area contributed by atoms with Crippen LogP contribution >= 0.6 is 11.3 Å². The van der Waals surface area contributed by atoms with Gasteiger partial charge in [0.05, 0.1) is 12.2 Å². The van der Waals surface area contributed by atoms with Crippen molar-refractivity contribution in [3.63, 3.8) is 0 Å². The molecular formula is C29H41NO6S. The van der Waals surface area contributed by atoms with Gasteiger partial charge in [0.2, 0.25) is 5.91 Å². The number of esters is 1. The van der Waals surface area contributed by atoms with Gasteiger partial charge in [-0.25, -0.2) is 4.79 Å². The molecule has 4 atom stereocenters. The molecule has 8 heteroatoms. The van der Waals surface area contributed by atoms with Crippen LogP contribution in [0.1, 0.15) is 97.9 Å². The minimum Gasteiger partial charge on any atom is -0.459 e. The van der Waals surface area contributed by atoms with Gasteiger partial charge < -0.3 is 25.0 Å². The third-order valence-electron chi connectivity index (χ3n) is 7.03. The van der Waals surface area contributed by atoms with E-state index < -0.39 is 24.3 Å². The predicted octanol–water partition coefficient (Wildman–Crippen LogP) is 5.17. The second-order valence-corrected chi connectivity index (χ2v) is 11.0. The number of carbonyl (C=O) groups excluding carboxylic acids is 2. The van der Waals surface area contributed by atoms with E-state index in [2.05, 4.69) is 6.92 Å². The minimum absolute atomic E-state index is 0.137. The number of aliphatic hydroxyl groups is 3. The molecule has 1 fully saturated rings. The number of thiophene rings is 1. The maximum atomic E-state index is 12.7. The first-order chi connectivity index (χ1) is 17.8. The number of amides is 1. The van der Waals surface area contributed by atoms with Gasteiger partial charge in [0.25, 0.3) is 0 Å². The Bertz CT molecular complexity index is 991. The molecule has 2 heterocycles. The molecule has 1 amide bonds. The molecule has 204 valence electrons. The topological polar surface area (TPSA) is 107 Å². The van der Waals surface area contributed by atoms with Crippen LogP contribution in [-0.2, 0) is 16.0 Å². The third kappa shape index (κ3) is 8.37. The van der Waals surface area contributed by atoms with Crippen molar-refractivity contribution < 1.29 is 29.6 Å². The molecule has 7 nitrogen and oxygen atoms in total. The summed E-state index contributed by atoms with van der Waals surface area (Å²) in [5.41, 5.74) is 1.78. The fourth-order valence-electron chi connectivity index (χ4n) is 4.73. The third-order valence-corrected chi connectivity index (χ3v) is 8.16. The summed E-state index contributed by atoms with van der Waals surface area (Å²) in [4.78, 5) is 28.4. The van der Waals surface area contributed by atoms with Crippen LogP contribution in [0.4, 0.5) is 5.69 Å².